The molecule has 0 aliphatic carbocycles. The Morgan fingerprint density at radius 2 is 1.81 bits per heavy atom. The highest BCUT2D eigenvalue weighted by molar-refractivity contribution is 5.88. The van der Waals surface area contributed by atoms with Crippen LogP contribution >= 0.6 is 0 Å². The second-order valence-electron chi connectivity index (χ2n) is 8.14. The first-order valence-corrected chi connectivity index (χ1v) is 11.2. The lowest BCUT2D eigenvalue weighted by atomic mass is 10.1. The average Bonchev–Trinajstić information content (AvgIpc) is 3.25. The standard InChI is InChI=1S/C26H19N7O3/c1-16-22(17-7-3-2-4-8-17)25-29-28-24-19(33(25)30-16)12-14-32(26(24)35)31-21(34)15-36-20-11-5-9-18-10-6-13-27-23(18)20/h2-14H,15H2,1H3,(H,31,34). The Labute approximate surface area is 203 Å². The summed E-state index contributed by atoms with van der Waals surface area (Å²) in [5.41, 5.74) is 6.33. The zero-order valence-electron chi connectivity index (χ0n) is 19.1. The Morgan fingerprint density at radius 3 is 2.67 bits per heavy atom. The summed E-state index contributed by atoms with van der Waals surface area (Å²) in [5.74, 6) is -0.0367. The molecule has 1 N–H and O–H groups in total. The molecule has 0 spiro atoms. The molecule has 6 aromatic rings. The van der Waals surface area contributed by atoms with Gasteiger partial charge in [0.1, 0.15) is 16.8 Å². The summed E-state index contributed by atoms with van der Waals surface area (Å²) < 4.78 is 8.33. The van der Waals surface area contributed by atoms with Crippen molar-refractivity contribution in [2.24, 2.45) is 0 Å². The summed E-state index contributed by atoms with van der Waals surface area (Å²) in [6.07, 6.45) is 3.12. The zero-order valence-corrected chi connectivity index (χ0v) is 19.1. The first-order chi connectivity index (χ1) is 17.6. The minimum atomic E-state index is -0.531. The van der Waals surface area contributed by atoms with Crippen molar-refractivity contribution >= 4 is 33.5 Å². The third kappa shape index (κ3) is 3.61. The predicted molar refractivity (Wildman–Crippen MR) is 134 cm³/mol. The SMILES string of the molecule is Cc1nn2c(nnc3c(=O)n(NC(=O)COc4cccc5cccnc45)ccc32)c1-c1ccccc1. The van der Waals surface area contributed by atoms with Crippen molar-refractivity contribution in [1.29, 1.82) is 0 Å². The number of hydrogen-bond acceptors (Lipinski definition) is 7. The Hall–Kier alpha value is -5.12. The molecule has 1 amide bonds. The van der Waals surface area contributed by atoms with Gasteiger partial charge in [-0.3, -0.25) is 20.0 Å². The van der Waals surface area contributed by atoms with E-state index in [2.05, 4.69) is 25.7 Å². The number of nitrogens with zero attached hydrogens (tertiary/aromatic N) is 6. The summed E-state index contributed by atoms with van der Waals surface area (Å²) >= 11 is 0. The topological polar surface area (TPSA) is 116 Å². The van der Waals surface area contributed by atoms with Crippen LogP contribution in [-0.4, -0.2) is 42.0 Å². The van der Waals surface area contributed by atoms with Gasteiger partial charge in [-0.25, -0.2) is 9.19 Å². The van der Waals surface area contributed by atoms with Gasteiger partial charge in [0.15, 0.2) is 17.8 Å². The monoisotopic (exact) mass is 477 g/mol. The van der Waals surface area contributed by atoms with Crippen molar-refractivity contribution < 1.29 is 9.53 Å². The third-order valence-corrected chi connectivity index (χ3v) is 5.82. The van der Waals surface area contributed by atoms with Crippen LogP contribution in [0.25, 0.3) is 38.7 Å². The summed E-state index contributed by atoms with van der Waals surface area (Å²) in [4.78, 5) is 29.9. The molecule has 0 bridgehead atoms. The van der Waals surface area contributed by atoms with Crippen molar-refractivity contribution in [3.8, 4) is 16.9 Å². The van der Waals surface area contributed by atoms with Gasteiger partial charge in [-0.05, 0) is 30.7 Å². The van der Waals surface area contributed by atoms with Gasteiger partial charge in [-0.2, -0.15) is 5.10 Å². The number of aryl methyl sites for hydroxylation is 1. The number of ether oxygens (including phenoxy) is 1. The van der Waals surface area contributed by atoms with Gasteiger partial charge in [0, 0.05) is 17.8 Å². The number of para-hydroxylation sites is 1. The van der Waals surface area contributed by atoms with E-state index >= 15 is 0 Å². The van der Waals surface area contributed by atoms with Gasteiger partial charge in [-0.15, -0.1) is 10.2 Å². The van der Waals surface area contributed by atoms with Gasteiger partial charge in [-0.1, -0.05) is 48.5 Å². The zero-order chi connectivity index (χ0) is 24.6. The van der Waals surface area contributed by atoms with Crippen molar-refractivity contribution in [2.75, 3.05) is 12.0 Å². The smallest absolute Gasteiger partial charge is 0.299 e. The van der Waals surface area contributed by atoms with Gasteiger partial charge in [0.2, 0.25) is 0 Å². The number of pyridine rings is 2. The molecule has 2 aromatic carbocycles. The van der Waals surface area contributed by atoms with Crippen molar-refractivity contribution in [1.82, 2.24) is 29.5 Å². The third-order valence-electron chi connectivity index (χ3n) is 5.82. The maximum atomic E-state index is 13.1. The molecule has 0 saturated carbocycles. The van der Waals surface area contributed by atoms with Gasteiger partial charge in [0.05, 0.1) is 11.3 Å². The molecular weight excluding hydrogens is 458 g/mol. The van der Waals surface area contributed by atoms with E-state index in [9.17, 15) is 9.59 Å². The van der Waals surface area contributed by atoms with E-state index in [-0.39, 0.29) is 12.1 Å². The van der Waals surface area contributed by atoms with Crippen LogP contribution in [0.1, 0.15) is 5.69 Å². The second kappa shape index (κ2) is 8.58. The van der Waals surface area contributed by atoms with Crippen LogP contribution in [0.15, 0.2) is 83.9 Å². The van der Waals surface area contributed by atoms with Crippen LogP contribution in [0, 0.1) is 6.92 Å². The van der Waals surface area contributed by atoms with Gasteiger partial charge < -0.3 is 4.74 Å². The normalized spacial score (nSPS) is 11.2. The van der Waals surface area contributed by atoms with Crippen LogP contribution in [0.3, 0.4) is 0 Å². The molecule has 0 aliphatic rings. The Morgan fingerprint density at radius 1 is 0.972 bits per heavy atom. The largest absolute Gasteiger partial charge is 0.481 e. The van der Waals surface area contributed by atoms with E-state index in [1.165, 1.54) is 6.20 Å². The molecule has 10 nitrogen and oxygen atoms in total. The average molecular weight is 477 g/mol. The number of fused-ring (bicyclic) bond motifs is 4. The molecule has 0 aliphatic heterocycles. The molecule has 10 heteroatoms. The lowest BCUT2D eigenvalue weighted by molar-refractivity contribution is -0.119. The first kappa shape index (κ1) is 21.4. The maximum Gasteiger partial charge on any atom is 0.299 e. The number of carbonyl (C=O) groups is 1. The van der Waals surface area contributed by atoms with E-state index in [4.69, 9.17) is 4.74 Å². The maximum absolute atomic E-state index is 13.1. The molecule has 0 fully saturated rings. The van der Waals surface area contributed by atoms with Crippen LogP contribution in [0.2, 0.25) is 0 Å². The lowest BCUT2D eigenvalue weighted by Crippen LogP contribution is -2.35. The molecule has 4 heterocycles. The van der Waals surface area contributed by atoms with Crippen LogP contribution < -0.4 is 15.7 Å². The molecule has 4 aromatic heterocycles. The highest BCUT2D eigenvalue weighted by Gasteiger charge is 2.18. The fraction of sp³-hybridized carbons (Fsp3) is 0.0769. The van der Waals surface area contributed by atoms with Crippen molar-refractivity contribution in [3.63, 3.8) is 0 Å². The molecular formula is C26H19N7O3. The first-order valence-electron chi connectivity index (χ1n) is 11.2. The molecule has 0 atom stereocenters. The fourth-order valence-corrected chi connectivity index (χ4v) is 4.19. The summed E-state index contributed by atoms with van der Waals surface area (Å²) in [6.45, 7) is 1.58. The van der Waals surface area contributed by atoms with E-state index in [1.807, 2.05) is 61.5 Å². The van der Waals surface area contributed by atoms with Crippen LogP contribution in [-0.2, 0) is 4.79 Å². The van der Waals surface area contributed by atoms with E-state index in [0.717, 1.165) is 26.9 Å². The summed E-state index contributed by atoms with van der Waals surface area (Å²) in [5, 5.41) is 13.9. The van der Waals surface area contributed by atoms with Crippen LogP contribution in [0.5, 0.6) is 5.75 Å². The van der Waals surface area contributed by atoms with E-state index < -0.39 is 11.5 Å². The minimum Gasteiger partial charge on any atom is -0.481 e. The second-order valence-corrected chi connectivity index (χ2v) is 8.14. The quantitative estimate of drug-likeness (QED) is 0.406. The molecule has 0 unspecified atom stereocenters. The predicted octanol–water partition coefficient (Wildman–Crippen LogP) is 3.11. The number of rotatable bonds is 5. The Bertz CT molecular complexity index is 1820. The summed E-state index contributed by atoms with van der Waals surface area (Å²) in [6, 6.07) is 20.6. The Balaban J connectivity index is 1.28. The number of hydrogen-bond donors (Lipinski definition) is 1. The highest BCUT2D eigenvalue weighted by Crippen LogP contribution is 2.27. The number of nitrogens with one attached hydrogen (secondary N) is 1. The molecule has 176 valence electrons. The summed E-state index contributed by atoms with van der Waals surface area (Å²) in [7, 11) is 0. The van der Waals surface area contributed by atoms with Crippen molar-refractivity contribution in [3.05, 3.63) is 95.2 Å². The van der Waals surface area contributed by atoms with Crippen LogP contribution in [0.4, 0.5) is 0 Å². The highest BCUT2D eigenvalue weighted by atomic mass is 16.5. The number of aromatic nitrogens is 6. The Kier molecular flexibility index (Phi) is 5.11. The lowest BCUT2D eigenvalue weighted by Gasteiger charge is -2.11. The van der Waals surface area contributed by atoms with Gasteiger partial charge in [0.25, 0.3) is 11.5 Å². The van der Waals surface area contributed by atoms with E-state index in [0.29, 0.717) is 22.4 Å². The van der Waals surface area contributed by atoms with Gasteiger partial charge >= 0.3 is 0 Å². The van der Waals surface area contributed by atoms with Crippen molar-refractivity contribution in [2.45, 2.75) is 6.92 Å². The molecule has 6 rings (SSSR count). The number of benzene rings is 2. The van der Waals surface area contributed by atoms with E-state index in [1.54, 1.807) is 22.8 Å². The molecule has 0 saturated heterocycles. The molecule has 0 radical (unpaired) electrons. The number of amides is 1. The number of carbonyl (C=O) groups excluding carboxylic acids is 1. The fourth-order valence-electron chi connectivity index (χ4n) is 4.19. The minimum absolute atomic E-state index is 0.0755. The molecule has 36 heavy (non-hydrogen) atoms.